The summed E-state index contributed by atoms with van der Waals surface area (Å²) in [5.41, 5.74) is 7.46. The van der Waals surface area contributed by atoms with Crippen LogP contribution in [-0.4, -0.2) is 80.8 Å². The van der Waals surface area contributed by atoms with Crippen molar-refractivity contribution in [1.82, 2.24) is 25.5 Å². The van der Waals surface area contributed by atoms with E-state index in [4.69, 9.17) is 20.6 Å². The lowest BCUT2D eigenvalue weighted by molar-refractivity contribution is -0.172. The van der Waals surface area contributed by atoms with Gasteiger partial charge in [-0.2, -0.15) is 0 Å². The predicted molar refractivity (Wildman–Crippen MR) is 217 cm³/mol. The number of hydrogen-bond acceptors (Lipinski definition) is 12. The van der Waals surface area contributed by atoms with Crippen molar-refractivity contribution >= 4 is 46.2 Å². The Labute approximate surface area is 349 Å². The number of rotatable bonds is 16. The van der Waals surface area contributed by atoms with E-state index in [1.54, 1.807) is 44.2 Å². The molecule has 0 fully saturated rings. The Kier molecular flexibility index (Phi) is 12.3. The molecule has 2 aromatic heterocycles. The molecule has 3 aliphatic rings. The van der Waals surface area contributed by atoms with Crippen molar-refractivity contribution in [2.24, 2.45) is 11.7 Å². The van der Waals surface area contributed by atoms with Crippen molar-refractivity contribution in [2.45, 2.75) is 89.6 Å². The quantitative estimate of drug-likeness (QED) is 0.0772. The molecule has 0 unspecified atom stereocenters. The SMILES string of the molecule is CC[C@@]1(O)C(=O)OCc2c1cc1n(c2=O)Cc2c-1nc1cc(F)c(C)c3c1c2[C@@H](NC(=O)CNC(=O)[C@@H](CC(=O)CNC(=O)CCC(=O)[C@@H](N)CO)Cc1ccccc1)CC3. The number of halogens is 1. The summed E-state index contributed by atoms with van der Waals surface area (Å²) >= 11 is 0. The highest BCUT2D eigenvalue weighted by atomic mass is 19.1. The van der Waals surface area contributed by atoms with Crippen molar-refractivity contribution < 1.29 is 48.1 Å². The highest BCUT2D eigenvalue weighted by molar-refractivity contribution is 5.95. The highest BCUT2D eigenvalue weighted by Crippen LogP contribution is 2.46. The lowest BCUT2D eigenvalue weighted by atomic mass is 9.81. The fraction of sp³-hybridized carbons (Fsp3) is 0.409. The van der Waals surface area contributed by atoms with E-state index in [0.717, 1.165) is 11.1 Å². The molecule has 7 rings (SSSR count). The van der Waals surface area contributed by atoms with Crippen LogP contribution in [0.4, 0.5) is 4.39 Å². The number of nitrogens with two attached hydrogens (primary N) is 1. The number of fused-ring (bicyclic) bond motifs is 5. The van der Waals surface area contributed by atoms with E-state index < -0.39 is 83.4 Å². The maximum atomic E-state index is 15.4. The number of Topliss-reactive ketones (excluding diaryl/α,β-unsaturated/α-hetero) is 2. The number of aliphatic hydroxyl groups is 2. The van der Waals surface area contributed by atoms with Gasteiger partial charge >= 0.3 is 5.97 Å². The van der Waals surface area contributed by atoms with Gasteiger partial charge in [0.25, 0.3) is 5.56 Å². The third kappa shape index (κ3) is 8.32. The van der Waals surface area contributed by atoms with E-state index in [1.807, 2.05) is 6.07 Å². The van der Waals surface area contributed by atoms with Gasteiger partial charge in [-0.15, -0.1) is 0 Å². The molecular weight excluding hydrogens is 792 g/mol. The summed E-state index contributed by atoms with van der Waals surface area (Å²) in [4.78, 5) is 96.1. The second-order valence-corrected chi connectivity index (χ2v) is 15.8. The molecule has 7 N–H and O–H groups in total. The molecule has 0 saturated heterocycles. The fourth-order valence-electron chi connectivity index (χ4n) is 8.57. The van der Waals surface area contributed by atoms with E-state index in [-0.39, 0.29) is 62.9 Å². The second-order valence-electron chi connectivity index (χ2n) is 15.8. The second kappa shape index (κ2) is 17.4. The molecule has 2 aromatic carbocycles. The molecule has 3 amide bonds. The van der Waals surface area contributed by atoms with Crippen LogP contribution in [-0.2, 0) is 65.1 Å². The van der Waals surface area contributed by atoms with Gasteiger partial charge in [0.1, 0.15) is 12.4 Å². The number of amides is 3. The molecule has 2 aliphatic heterocycles. The number of ether oxygens (including phenoxy) is 1. The number of nitrogens with one attached hydrogen (secondary N) is 3. The van der Waals surface area contributed by atoms with Gasteiger partial charge in [-0.1, -0.05) is 37.3 Å². The molecule has 61 heavy (non-hydrogen) atoms. The van der Waals surface area contributed by atoms with E-state index in [1.165, 1.54) is 10.6 Å². The van der Waals surface area contributed by atoms with Crippen LogP contribution in [0.1, 0.15) is 84.0 Å². The summed E-state index contributed by atoms with van der Waals surface area (Å²) in [6, 6.07) is 10.1. The minimum absolute atomic E-state index is 0.0430. The molecule has 0 saturated carbocycles. The van der Waals surface area contributed by atoms with Crippen molar-refractivity contribution in [3.63, 3.8) is 0 Å². The summed E-state index contributed by atoms with van der Waals surface area (Å²) in [5, 5.41) is 29.2. The first-order chi connectivity index (χ1) is 29.1. The number of aromatic nitrogens is 2. The summed E-state index contributed by atoms with van der Waals surface area (Å²) in [6.45, 7) is 1.64. The van der Waals surface area contributed by atoms with Gasteiger partial charge in [-0.3, -0.25) is 28.8 Å². The number of hydrogen-bond donors (Lipinski definition) is 6. The van der Waals surface area contributed by atoms with Crippen molar-refractivity contribution in [1.29, 1.82) is 0 Å². The van der Waals surface area contributed by atoms with Crippen molar-refractivity contribution in [2.75, 3.05) is 19.7 Å². The number of nitrogens with zero attached hydrogens (tertiary/aromatic N) is 2. The van der Waals surface area contributed by atoms with Crippen LogP contribution >= 0.6 is 0 Å². The maximum absolute atomic E-state index is 15.4. The first-order valence-electron chi connectivity index (χ1n) is 20.2. The summed E-state index contributed by atoms with van der Waals surface area (Å²) in [6.07, 6.45) is 0.193. The topological polar surface area (TPSA) is 249 Å². The third-order valence-electron chi connectivity index (χ3n) is 12.0. The Morgan fingerprint density at radius 2 is 1.79 bits per heavy atom. The van der Waals surface area contributed by atoms with Gasteiger partial charge in [0.15, 0.2) is 17.2 Å². The van der Waals surface area contributed by atoms with Gasteiger partial charge in [0.05, 0.1) is 60.8 Å². The molecule has 0 radical (unpaired) electrons. The minimum Gasteiger partial charge on any atom is -0.458 e. The summed E-state index contributed by atoms with van der Waals surface area (Å²) < 4.78 is 22.1. The highest BCUT2D eigenvalue weighted by Gasteiger charge is 2.46. The Bertz CT molecular complexity index is 2540. The number of benzene rings is 2. The zero-order valence-corrected chi connectivity index (χ0v) is 33.8. The Morgan fingerprint density at radius 3 is 2.51 bits per heavy atom. The molecule has 1 aliphatic carbocycles. The van der Waals surface area contributed by atoms with E-state index in [0.29, 0.717) is 51.8 Å². The molecule has 0 spiro atoms. The molecule has 4 heterocycles. The minimum atomic E-state index is -2.05. The Hall–Kier alpha value is -6.17. The number of pyridine rings is 2. The zero-order chi connectivity index (χ0) is 43.7. The molecule has 16 nitrogen and oxygen atoms in total. The first-order valence-corrected chi connectivity index (χ1v) is 20.2. The molecule has 4 atom stereocenters. The van der Waals surface area contributed by atoms with Gasteiger partial charge in [0, 0.05) is 47.8 Å². The molecular formula is C44H47FN6O10. The molecule has 320 valence electrons. The van der Waals surface area contributed by atoms with Gasteiger partial charge in [-0.25, -0.2) is 14.2 Å². The number of carbonyl (C=O) groups is 6. The largest absolute Gasteiger partial charge is 0.458 e. The average Bonchev–Trinajstić information content (AvgIpc) is 3.63. The molecule has 0 bridgehead atoms. The number of carbonyl (C=O) groups excluding carboxylic acids is 6. The first kappa shape index (κ1) is 42.9. The van der Waals surface area contributed by atoms with Crippen LogP contribution in [0.15, 0.2) is 47.3 Å². The Balaban J connectivity index is 1.10. The number of ketones is 2. The third-order valence-corrected chi connectivity index (χ3v) is 12.0. The van der Waals surface area contributed by atoms with Crippen LogP contribution in [0, 0.1) is 18.7 Å². The lowest BCUT2D eigenvalue weighted by Gasteiger charge is -2.31. The zero-order valence-electron chi connectivity index (χ0n) is 33.8. The van der Waals surface area contributed by atoms with Crippen LogP contribution < -0.4 is 27.2 Å². The predicted octanol–water partition coefficient (Wildman–Crippen LogP) is 1.35. The van der Waals surface area contributed by atoms with Crippen LogP contribution in [0.5, 0.6) is 0 Å². The maximum Gasteiger partial charge on any atom is 0.343 e. The smallest absolute Gasteiger partial charge is 0.343 e. The summed E-state index contributed by atoms with van der Waals surface area (Å²) in [5.74, 6) is -4.85. The van der Waals surface area contributed by atoms with E-state index >= 15 is 4.39 Å². The molecule has 17 heteroatoms. The monoisotopic (exact) mass is 838 g/mol. The molecule has 4 aromatic rings. The van der Waals surface area contributed by atoms with Gasteiger partial charge < -0.3 is 41.2 Å². The van der Waals surface area contributed by atoms with Gasteiger partial charge in [-0.05, 0) is 60.9 Å². The number of cyclic esters (lactones) is 1. The average molecular weight is 839 g/mol. The standard InChI is InChI=1S/C44H47FN6O10/c1-3-44(60)29-15-34-40-27(19-51(34)42(58)28(29)21-61-43(44)59)39-32(10-9-26-22(2)30(45)16-33(50-40)38(26)39)49-37(56)18-48-41(57)24(13-23-7-5-4-6-8-23)14-25(53)17-47-36(55)12-11-35(54)31(46)20-52/h4-8,15-16,24,31-32,52,60H,3,9-14,17-21,46H2,1-2H3,(H,47,55)(H,48,57)(H,49,56)/t24-,31+,32+,44+/m1/s1. The normalized spacial score (nSPS) is 18.3. The van der Waals surface area contributed by atoms with Crippen LogP contribution in [0.3, 0.4) is 0 Å². The Morgan fingerprint density at radius 1 is 1.03 bits per heavy atom. The lowest BCUT2D eigenvalue weighted by Crippen LogP contribution is -2.44. The number of esters is 1. The number of aryl methyl sites for hydroxylation is 1. The van der Waals surface area contributed by atoms with Crippen molar-refractivity contribution in [3.8, 4) is 11.4 Å². The fourth-order valence-corrected chi connectivity index (χ4v) is 8.57. The van der Waals surface area contributed by atoms with E-state index in [9.17, 15) is 38.7 Å². The van der Waals surface area contributed by atoms with Gasteiger partial charge in [0.2, 0.25) is 17.7 Å². The number of aliphatic hydroxyl groups excluding tert-OH is 1. The van der Waals surface area contributed by atoms with E-state index in [2.05, 4.69) is 16.0 Å². The van der Waals surface area contributed by atoms with Crippen molar-refractivity contribution in [3.05, 3.63) is 97.6 Å². The van der Waals surface area contributed by atoms with Crippen LogP contribution in [0.2, 0.25) is 0 Å². The summed E-state index contributed by atoms with van der Waals surface area (Å²) in [7, 11) is 0. The van der Waals surface area contributed by atoms with Crippen LogP contribution in [0.25, 0.3) is 22.3 Å².